The van der Waals surface area contributed by atoms with Crippen molar-refractivity contribution in [1.29, 1.82) is 0 Å². The molecule has 1 aliphatic heterocycles. The summed E-state index contributed by atoms with van der Waals surface area (Å²) in [5.41, 5.74) is 0. The monoisotopic (exact) mass is 244 g/mol. The van der Waals surface area contributed by atoms with Crippen molar-refractivity contribution < 1.29 is 19.4 Å². The van der Waals surface area contributed by atoms with E-state index in [-0.39, 0.29) is 18.6 Å². The highest BCUT2D eigenvalue weighted by Crippen LogP contribution is 2.13. The van der Waals surface area contributed by atoms with Crippen molar-refractivity contribution in [1.82, 2.24) is 10.6 Å². The lowest BCUT2D eigenvalue weighted by atomic mass is 9.98. The van der Waals surface area contributed by atoms with Crippen LogP contribution in [0.15, 0.2) is 0 Å². The Morgan fingerprint density at radius 1 is 1.47 bits per heavy atom. The molecule has 1 amide bonds. The van der Waals surface area contributed by atoms with Crippen molar-refractivity contribution in [2.45, 2.75) is 25.9 Å². The third kappa shape index (κ3) is 5.14. The topological polar surface area (TPSA) is 87.7 Å². The fourth-order valence-electron chi connectivity index (χ4n) is 1.73. The van der Waals surface area contributed by atoms with Crippen LogP contribution in [0.1, 0.15) is 19.8 Å². The van der Waals surface area contributed by atoms with Gasteiger partial charge in [-0.1, -0.05) is 6.92 Å². The van der Waals surface area contributed by atoms with Gasteiger partial charge in [-0.3, -0.25) is 9.59 Å². The minimum Gasteiger partial charge on any atom is -0.481 e. The average molecular weight is 244 g/mol. The average Bonchev–Trinajstić information content (AvgIpc) is 2.34. The molecule has 6 heteroatoms. The lowest BCUT2D eigenvalue weighted by Crippen LogP contribution is -2.44. The van der Waals surface area contributed by atoms with Crippen molar-refractivity contribution in [2.75, 3.05) is 26.2 Å². The molecule has 0 bridgehead atoms. The molecule has 2 unspecified atom stereocenters. The highest BCUT2D eigenvalue weighted by molar-refractivity contribution is 5.77. The largest absolute Gasteiger partial charge is 0.481 e. The van der Waals surface area contributed by atoms with Gasteiger partial charge in [0.05, 0.1) is 12.0 Å². The number of carbonyl (C=O) groups excluding carboxylic acids is 1. The summed E-state index contributed by atoms with van der Waals surface area (Å²) < 4.78 is 5.38. The van der Waals surface area contributed by atoms with Crippen LogP contribution in [0.25, 0.3) is 0 Å². The molecule has 6 nitrogen and oxygen atoms in total. The van der Waals surface area contributed by atoms with Crippen LogP contribution in [-0.2, 0) is 14.3 Å². The van der Waals surface area contributed by atoms with Crippen LogP contribution in [0.4, 0.5) is 0 Å². The molecule has 2 atom stereocenters. The Labute approximate surface area is 101 Å². The Bertz CT molecular complexity index is 270. The van der Waals surface area contributed by atoms with Gasteiger partial charge < -0.3 is 20.5 Å². The first-order chi connectivity index (χ1) is 8.13. The van der Waals surface area contributed by atoms with Gasteiger partial charge in [0.1, 0.15) is 6.61 Å². The SMILES string of the molecule is CCCNC(=O)COC1CNCC(C(=O)O)C1. The number of piperidine rings is 1. The molecule has 0 saturated carbocycles. The molecule has 1 fully saturated rings. The van der Waals surface area contributed by atoms with Gasteiger partial charge in [0.2, 0.25) is 5.91 Å². The second-order valence-electron chi connectivity index (χ2n) is 4.21. The summed E-state index contributed by atoms with van der Waals surface area (Å²) in [5, 5.41) is 14.6. The standard InChI is InChI=1S/C11H20N2O4/c1-2-3-13-10(14)7-17-9-4-8(11(15)16)5-12-6-9/h8-9,12H,2-7H2,1H3,(H,13,14)(H,15,16). The zero-order chi connectivity index (χ0) is 12.7. The lowest BCUT2D eigenvalue weighted by molar-refractivity contribution is -0.144. The summed E-state index contributed by atoms with van der Waals surface area (Å²) >= 11 is 0. The van der Waals surface area contributed by atoms with E-state index in [4.69, 9.17) is 9.84 Å². The third-order valence-corrected chi connectivity index (χ3v) is 2.68. The molecule has 1 saturated heterocycles. The second-order valence-corrected chi connectivity index (χ2v) is 4.21. The number of aliphatic carboxylic acids is 1. The quantitative estimate of drug-likeness (QED) is 0.591. The van der Waals surface area contributed by atoms with Crippen molar-refractivity contribution in [2.24, 2.45) is 5.92 Å². The van der Waals surface area contributed by atoms with E-state index in [9.17, 15) is 9.59 Å². The van der Waals surface area contributed by atoms with Gasteiger partial charge in [-0.25, -0.2) is 0 Å². The highest BCUT2D eigenvalue weighted by atomic mass is 16.5. The van der Waals surface area contributed by atoms with E-state index >= 15 is 0 Å². The van der Waals surface area contributed by atoms with Crippen molar-refractivity contribution >= 4 is 11.9 Å². The number of ether oxygens (including phenoxy) is 1. The van der Waals surface area contributed by atoms with Crippen LogP contribution in [0.3, 0.4) is 0 Å². The van der Waals surface area contributed by atoms with E-state index in [1.807, 2.05) is 6.92 Å². The number of carboxylic acid groups (broad SMARTS) is 1. The Morgan fingerprint density at radius 2 is 2.24 bits per heavy atom. The summed E-state index contributed by atoms with van der Waals surface area (Å²) in [4.78, 5) is 22.1. The first kappa shape index (κ1) is 13.9. The predicted octanol–water partition coefficient (Wildman–Crippen LogP) is -0.408. The molecule has 1 heterocycles. The predicted molar refractivity (Wildman–Crippen MR) is 61.7 cm³/mol. The van der Waals surface area contributed by atoms with Crippen LogP contribution in [0, 0.1) is 5.92 Å². The third-order valence-electron chi connectivity index (χ3n) is 2.68. The van der Waals surface area contributed by atoms with Crippen LogP contribution >= 0.6 is 0 Å². The molecule has 0 spiro atoms. The normalized spacial score (nSPS) is 24.3. The van der Waals surface area contributed by atoms with E-state index in [0.29, 0.717) is 26.1 Å². The molecule has 0 aromatic carbocycles. The molecular formula is C11H20N2O4. The van der Waals surface area contributed by atoms with Crippen molar-refractivity contribution in [3.05, 3.63) is 0 Å². The van der Waals surface area contributed by atoms with Gasteiger partial charge in [0.15, 0.2) is 0 Å². The van der Waals surface area contributed by atoms with E-state index < -0.39 is 11.9 Å². The van der Waals surface area contributed by atoms with Gasteiger partial charge in [-0.05, 0) is 12.8 Å². The van der Waals surface area contributed by atoms with Crippen LogP contribution in [-0.4, -0.2) is 49.3 Å². The minimum absolute atomic E-state index is 0.00130. The van der Waals surface area contributed by atoms with Crippen LogP contribution < -0.4 is 10.6 Å². The fraction of sp³-hybridized carbons (Fsp3) is 0.818. The molecule has 98 valence electrons. The van der Waals surface area contributed by atoms with E-state index in [2.05, 4.69) is 10.6 Å². The van der Waals surface area contributed by atoms with Crippen molar-refractivity contribution in [3.63, 3.8) is 0 Å². The van der Waals surface area contributed by atoms with Gasteiger partial charge in [0.25, 0.3) is 0 Å². The van der Waals surface area contributed by atoms with Crippen LogP contribution in [0.5, 0.6) is 0 Å². The van der Waals surface area contributed by atoms with Gasteiger partial charge >= 0.3 is 5.97 Å². The number of carbonyl (C=O) groups is 2. The number of rotatable bonds is 6. The van der Waals surface area contributed by atoms with Crippen molar-refractivity contribution in [3.8, 4) is 0 Å². The number of hydrogen-bond acceptors (Lipinski definition) is 4. The van der Waals surface area contributed by atoms with Gasteiger partial charge in [-0.2, -0.15) is 0 Å². The number of amides is 1. The first-order valence-electron chi connectivity index (χ1n) is 5.95. The molecule has 0 aromatic rings. The summed E-state index contributed by atoms with van der Waals surface area (Å²) in [5.74, 6) is -1.39. The fourth-order valence-corrected chi connectivity index (χ4v) is 1.73. The smallest absolute Gasteiger partial charge is 0.307 e. The molecule has 1 aliphatic rings. The van der Waals surface area contributed by atoms with Crippen LogP contribution in [0.2, 0.25) is 0 Å². The Kier molecular flexibility index (Phi) is 5.93. The van der Waals surface area contributed by atoms with Gasteiger partial charge in [-0.15, -0.1) is 0 Å². The maximum absolute atomic E-state index is 11.3. The Morgan fingerprint density at radius 3 is 2.88 bits per heavy atom. The summed E-state index contributed by atoms with van der Waals surface area (Å²) in [6.07, 6.45) is 1.15. The molecule has 1 rings (SSSR count). The zero-order valence-electron chi connectivity index (χ0n) is 10.1. The van der Waals surface area contributed by atoms with E-state index in [1.165, 1.54) is 0 Å². The maximum atomic E-state index is 11.3. The number of hydrogen-bond donors (Lipinski definition) is 3. The maximum Gasteiger partial charge on any atom is 0.307 e. The van der Waals surface area contributed by atoms with E-state index in [0.717, 1.165) is 6.42 Å². The van der Waals surface area contributed by atoms with Gasteiger partial charge in [0, 0.05) is 19.6 Å². The number of nitrogens with one attached hydrogen (secondary N) is 2. The molecule has 17 heavy (non-hydrogen) atoms. The minimum atomic E-state index is -0.818. The first-order valence-corrected chi connectivity index (χ1v) is 5.95. The Hall–Kier alpha value is -1.14. The molecule has 0 radical (unpaired) electrons. The second kappa shape index (κ2) is 7.24. The zero-order valence-corrected chi connectivity index (χ0v) is 10.1. The summed E-state index contributed by atoms with van der Waals surface area (Å²) in [7, 11) is 0. The lowest BCUT2D eigenvalue weighted by Gasteiger charge is -2.27. The summed E-state index contributed by atoms with van der Waals surface area (Å²) in [6.45, 7) is 3.69. The molecule has 3 N–H and O–H groups in total. The number of carboxylic acids is 1. The van der Waals surface area contributed by atoms with E-state index in [1.54, 1.807) is 0 Å². The Balaban J connectivity index is 2.22. The summed E-state index contributed by atoms with van der Waals surface area (Å²) in [6, 6.07) is 0. The highest BCUT2D eigenvalue weighted by Gasteiger charge is 2.27. The molecule has 0 aliphatic carbocycles. The molecular weight excluding hydrogens is 224 g/mol. The molecule has 0 aromatic heterocycles.